The first-order chi connectivity index (χ1) is 6.69. The van der Waals surface area contributed by atoms with Gasteiger partial charge in [0.1, 0.15) is 0 Å². The minimum Gasteiger partial charge on any atom is -0.293 e. The lowest BCUT2D eigenvalue weighted by Gasteiger charge is -2.34. The SMILES string of the molecule is CCN(CC1CCC1)C(C)C(=O)NN. The summed E-state index contributed by atoms with van der Waals surface area (Å²) in [5.41, 5.74) is 2.21. The van der Waals surface area contributed by atoms with E-state index < -0.39 is 0 Å². The molecule has 14 heavy (non-hydrogen) atoms. The highest BCUT2D eigenvalue weighted by Crippen LogP contribution is 2.27. The minimum absolute atomic E-state index is 0.0915. The number of carbonyl (C=O) groups is 1. The Kier molecular flexibility index (Phi) is 4.35. The summed E-state index contributed by atoms with van der Waals surface area (Å²) in [6.45, 7) is 5.93. The van der Waals surface area contributed by atoms with Crippen LogP contribution < -0.4 is 11.3 Å². The molecule has 4 nitrogen and oxygen atoms in total. The molecule has 1 atom stereocenters. The summed E-state index contributed by atoms with van der Waals surface area (Å²) >= 11 is 0. The van der Waals surface area contributed by atoms with E-state index in [1.54, 1.807) is 0 Å². The van der Waals surface area contributed by atoms with Crippen LogP contribution in [0, 0.1) is 5.92 Å². The van der Waals surface area contributed by atoms with Crippen molar-refractivity contribution in [1.29, 1.82) is 0 Å². The van der Waals surface area contributed by atoms with E-state index in [2.05, 4.69) is 17.2 Å². The fourth-order valence-corrected chi connectivity index (χ4v) is 1.85. The van der Waals surface area contributed by atoms with Crippen molar-refractivity contribution in [3.05, 3.63) is 0 Å². The van der Waals surface area contributed by atoms with Gasteiger partial charge in [0.05, 0.1) is 6.04 Å². The Morgan fingerprint density at radius 3 is 2.64 bits per heavy atom. The number of nitrogens with zero attached hydrogens (tertiary/aromatic N) is 1. The van der Waals surface area contributed by atoms with Crippen molar-refractivity contribution in [2.75, 3.05) is 13.1 Å². The Morgan fingerprint density at radius 1 is 1.64 bits per heavy atom. The van der Waals surface area contributed by atoms with Gasteiger partial charge in [0.2, 0.25) is 0 Å². The summed E-state index contributed by atoms with van der Waals surface area (Å²) in [6, 6.07) is -0.106. The molecule has 0 aromatic carbocycles. The minimum atomic E-state index is -0.106. The topological polar surface area (TPSA) is 58.4 Å². The van der Waals surface area contributed by atoms with Crippen LogP contribution in [0.1, 0.15) is 33.1 Å². The van der Waals surface area contributed by atoms with Gasteiger partial charge < -0.3 is 0 Å². The second-order valence-electron chi connectivity index (χ2n) is 4.07. The van der Waals surface area contributed by atoms with E-state index in [1.165, 1.54) is 19.3 Å². The van der Waals surface area contributed by atoms with Crippen LogP contribution in [0.15, 0.2) is 0 Å². The smallest absolute Gasteiger partial charge is 0.250 e. The maximum Gasteiger partial charge on any atom is 0.250 e. The molecule has 0 bridgehead atoms. The van der Waals surface area contributed by atoms with Crippen molar-refractivity contribution in [3.63, 3.8) is 0 Å². The van der Waals surface area contributed by atoms with E-state index in [1.807, 2.05) is 6.92 Å². The molecule has 0 radical (unpaired) electrons. The molecule has 0 aliphatic heterocycles. The molecule has 1 amide bonds. The van der Waals surface area contributed by atoms with Crippen LogP contribution in [-0.4, -0.2) is 29.9 Å². The summed E-state index contributed by atoms with van der Waals surface area (Å²) in [5.74, 6) is 5.82. The number of carbonyl (C=O) groups excluding carboxylic acids is 1. The van der Waals surface area contributed by atoms with Gasteiger partial charge in [0, 0.05) is 6.54 Å². The molecular formula is C10H21N3O. The molecule has 0 aromatic rings. The summed E-state index contributed by atoms with van der Waals surface area (Å²) in [6.07, 6.45) is 3.97. The Labute approximate surface area is 85.8 Å². The predicted molar refractivity (Wildman–Crippen MR) is 56.4 cm³/mol. The standard InChI is InChI=1S/C10H21N3O/c1-3-13(7-9-5-4-6-9)8(2)10(14)12-11/h8-9H,3-7,11H2,1-2H3,(H,12,14). The normalized spacial score (nSPS) is 19.1. The Hall–Kier alpha value is -0.610. The van der Waals surface area contributed by atoms with E-state index in [9.17, 15) is 4.79 Å². The highest BCUT2D eigenvalue weighted by molar-refractivity contribution is 5.80. The van der Waals surface area contributed by atoms with Crippen LogP contribution in [-0.2, 0) is 4.79 Å². The van der Waals surface area contributed by atoms with E-state index >= 15 is 0 Å². The highest BCUT2D eigenvalue weighted by Gasteiger charge is 2.25. The molecule has 1 aliphatic rings. The van der Waals surface area contributed by atoms with Crippen molar-refractivity contribution in [2.45, 2.75) is 39.2 Å². The van der Waals surface area contributed by atoms with Crippen molar-refractivity contribution >= 4 is 5.91 Å². The second-order valence-corrected chi connectivity index (χ2v) is 4.07. The fourth-order valence-electron chi connectivity index (χ4n) is 1.85. The van der Waals surface area contributed by atoms with Gasteiger partial charge in [-0.15, -0.1) is 0 Å². The van der Waals surface area contributed by atoms with Gasteiger partial charge in [-0.2, -0.15) is 0 Å². The third-order valence-corrected chi connectivity index (χ3v) is 3.19. The summed E-state index contributed by atoms with van der Waals surface area (Å²) in [7, 11) is 0. The van der Waals surface area contributed by atoms with Crippen LogP contribution in [0.5, 0.6) is 0 Å². The Morgan fingerprint density at radius 2 is 2.29 bits per heavy atom. The van der Waals surface area contributed by atoms with Crippen LogP contribution in [0.3, 0.4) is 0 Å². The third-order valence-electron chi connectivity index (χ3n) is 3.19. The van der Waals surface area contributed by atoms with E-state index in [4.69, 9.17) is 5.84 Å². The number of rotatable bonds is 5. The molecule has 1 fully saturated rings. The molecule has 4 heteroatoms. The molecule has 1 rings (SSSR count). The van der Waals surface area contributed by atoms with E-state index in [-0.39, 0.29) is 11.9 Å². The average Bonchev–Trinajstić information content (AvgIpc) is 2.14. The van der Waals surface area contributed by atoms with Gasteiger partial charge in [-0.1, -0.05) is 13.3 Å². The Balaban J connectivity index is 2.38. The van der Waals surface area contributed by atoms with Gasteiger partial charge in [-0.3, -0.25) is 15.1 Å². The number of likely N-dealkylation sites (N-methyl/N-ethyl adjacent to an activating group) is 1. The van der Waals surface area contributed by atoms with Crippen LogP contribution in [0.4, 0.5) is 0 Å². The van der Waals surface area contributed by atoms with Crippen molar-refractivity contribution in [3.8, 4) is 0 Å². The molecule has 1 unspecified atom stereocenters. The number of amides is 1. The van der Waals surface area contributed by atoms with Crippen LogP contribution in [0.2, 0.25) is 0 Å². The number of nitrogens with two attached hydrogens (primary N) is 1. The molecule has 82 valence electrons. The zero-order valence-electron chi connectivity index (χ0n) is 9.12. The molecule has 1 saturated carbocycles. The highest BCUT2D eigenvalue weighted by atomic mass is 16.2. The fraction of sp³-hybridized carbons (Fsp3) is 0.900. The molecule has 0 saturated heterocycles. The second kappa shape index (κ2) is 5.32. The van der Waals surface area contributed by atoms with Gasteiger partial charge in [-0.25, -0.2) is 5.84 Å². The van der Waals surface area contributed by atoms with Crippen molar-refractivity contribution in [1.82, 2.24) is 10.3 Å². The quantitative estimate of drug-likeness (QED) is 0.385. The van der Waals surface area contributed by atoms with Gasteiger partial charge in [-0.05, 0) is 32.2 Å². The Bertz CT molecular complexity index is 192. The van der Waals surface area contributed by atoms with Gasteiger partial charge >= 0.3 is 0 Å². The van der Waals surface area contributed by atoms with Gasteiger partial charge in [0.15, 0.2) is 0 Å². The molecule has 0 aromatic heterocycles. The number of nitrogens with one attached hydrogen (secondary N) is 1. The zero-order chi connectivity index (χ0) is 10.6. The van der Waals surface area contributed by atoms with Gasteiger partial charge in [0.25, 0.3) is 5.91 Å². The molecule has 0 heterocycles. The first kappa shape index (κ1) is 11.5. The zero-order valence-corrected chi connectivity index (χ0v) is 9.12. The molecule has 3 N–H and O–H groups in total. The number of hydrazine groups is 1. The summed E-state index contributed by atoms with van der Waals surface area (Å²) in [4.78, 5) is 13.5. The number of hydrogen-bond acceptors (Lipinski definition) is 3. The third kappa shape index (κ3) is 2.69. The monoisotopic (exact) mass is 199 g/mol. The van der Waals surface area contributed by atoms with E-state index in [0.717, 1.165) is 19.0 Å². The lowest BCUT2D eigenvalue weighted by molar-refractivity contribution is -0.126. The molecule has 1 aliphatic carbocycles. The predicted octanol–water partition coefficient (Wildman–Crippen LogP) is 0.487. The number of hydrogen-bond donors (Lipinski definition) is 2. The molecular weight excluding hydrogens is 178 g/mol. The van der Waals surface area contributed by atoms with Crippen LogP contribution in [0.25, 0.3) is 0 Å². The van der Waals surface area contributed by atoms with E-state index in [0.29, 0.717) is 0 Å². The lowest BCUT2D eigenvalue weighted by Crippen LogP contribution is -2.49. The maximum atomic E-state index is 11.3. The average molecular weight is 199 g/mol. The van der Waals surface area contributed by atoms with Crippen LogP contribution >= 0.6 is 0 Å². The first-order valence-corrected chi connectivity index (χ1v) is 5.43. The first-order valence-electron chi connectivity index (χ1n) is 5.43. The van der Waals surface area contributed by atoms with Crippen molar-refractivity contribution < 1.29 is 4.79 Å². The summed E-state index contributed by atoms with van der Waals surface area (Å²) < 4.78 is 0. The lowest BCUT2D eigenvalue weighted by atomic mass is 9.85. The summed E-state index contributed by atoms with van der Waals surface area (Å²) in [5, 5.41) is 0. The largest absolute Gasteiger partial charge is 0.293 e. The van der Waals surface area contributed by atoms with Crippen molar-refractivity contribution in [2.24, 2.45) is 11.8 Å². The maximum absolute atomic E-state index is 11.3. The molecule has 0 spiro atoms.